The summed E-state index contributed by atoms with van der Waals surface area (Å²) in [5.74, 6) is 0. The number of para-hydroxylation sites is 1. The molecule has 5 heteroatoms. The molecule has 1 radical (unpaired) electrons. The standard InChI is InChI=1S/C21H20NOSi.C16H18N.Ir/c1-14-9-10-19(22-13-14)18-12-15(24(2,3)4)11-17-16-7-5-6-8-20(16)23-21(17)18;1-12-5-10-15(17-11-12)13-6-8-14(9-7-13)16(2,3)4;/h5-11,13H,1-4H3;5-6,8-11H,1-4H3;/q2*-1;/i1D3;;. The van der Waals surface area contributed by atoms with Gasteiger partial charge in [-0.25, -0.2) is 0 Å². The van der Waals surface area contributed by atoms with Crippen LogP contribution >= 0.6 is 0 Å². The van der Waals surface area contributed by atoms with Crippen LogP contribution < -0.4 is 5.19 Å². The molecule has 0 N–H and O–H groups in total. The van der Waals surface area contributed by atoms with Gasteiger partial charge in [0.05, 0.1) is 13.7 Å². The van der Waals surface area contributed by atoms with Crippen LogP contribution in [0.1, 0.15) is 41.6 Å². The zero-order valence-corrected chi connectivity index (χ0v) is 28.6. The third-order valence-electron chi connectivity index (χ3n) is 7.10. The molecule has 0 bridgehead atoms. The van der Waals surface area contributed by atoms with Gasteiger partial charge in [-0.1, -0.05) is 93.8 Å². The second-order valence-corrected chi connectivity index (χ2v) is 17.6. The smallest absolute Gasteiger partial charge is 0.120 e. The summed E-state index contributed by atoms with van der Waals surface area (Å²) < 4.78 is 28.8. The van der Waals surface area contributed by atoms with Gasteiger partial charge in [0, 0.05) is 42.0 Å². The van der Waals surface area contributed by atoms with Crippen LogP contribution in [0.5, 0.6) is 0 Å². The average Bonchev–Trinajstić information content (AvgIpc) is 3.35. The molecule has 0 saturated carbocycles. The van der Waals surface area contributed by atoms with Gasteiger partial charge in [0.1, 0.15) is 5.58 Å². The van der Waals surface area contributed by atoms with Crippen LogP contribution in [0.2, 0.25) is 19.6 Å². The fourth-order valence-corrected chi connectivity index (χ4v) is 5.65. The van der Waals surface area contributed by atoms with Crippen LogP contribution in [0.15, 0.2) is 89.6 Å². The molecule has 42 heavy (non-hydrogen) atoms. The van der Waals surface area contributed by atoms with Gasteiger partial charge in [0.2, 0.25) is 0 Å². The first kappa shape index (κ1) is 27.5. The molecule has 0 unspecified atom stereocenters. The SMILES string of the molecule is Cc1ccc(-c2[c-]cc(C(C)(C)C)cc2)nc1.[2H]C([2H])([2H])c1ccc(-c2[c-]c([Si](C)(C)C)cc3c2oc2ccccc23)nc1.[Ir]. The first-order valence-corrected chi connectivity index (χ1v) is 17.4. The van der Waals surface area contributed by atoms with E-state index in [-0.39, 0.29) is 31.1 Å². The number of rotatable bonds is 3. The molecule has 0 aliphatic rings. The van der Waals surface area contributed by atoms with Crippen molar-refractivity contribution in [2.24, 2.45) is 0 Å². The van der Waals surface area contributed by atoms with E-state index >= 15 is 0 Å². The van der Waals surface area contributed by atoms with Crippen molar-refractivity contribution in [1.29, 1.82) is 0 Å². The zero-order chi connectivity index (χ0) is 31.9. The summed E-state index contributed by atoms with van der Waals surface area (Å²) in [6.07, 6.45) is 3.31. The predicted molar refractivity (Wildman–Crippen MR) is 175 cm³/mol. The first-order valence-electron chi connectivity index (χ1n) is 15.4. The van der Waals surface area contributed by atoms with Crippen molar-refractivity contribution < 1.29 is 28.6 Å². The molecule has 0 aliphatic heterocycles. The zero-order valence-electron chi connectivity index (χ0n) is 28.2. The Labute approximate surface area is 269 Å². The van der Waals surface area contributed by atoms with E-state index in [4.69, 9.17) is 8.53 Å². The molecular weight excluding hydrogens is 709 g/mol. The van der Waals surface area contributed by atoms with Gasteiger partial charge in [-0.15, -0.1) is 52.7 Å². The van der Waals surface area contributed by atoms with Crippen molar-refractivity contribution in [3.05, 3.63) is 114 Å². The van der Waals surface area contributed by atoms with Gasteiger partial charge in [-0.3, -0.25) is 0 Å². The number of nitrogens with zero attached hydrogens (tertiary/aromatic N) is 2. The van der Waals surface area contributed by atoms with E-state index in [1.807, 2.05) is 37.4 Å². The molecule has 6 aromatic rings. The second-order valence-electron chi connectivity index (χ2n) is 12.5. The van der Waals surface area contributed by atoms with Gasteiger partial charge in [-0.05, 0) is 47.8 Å². The Bertz CT molecular complexity index is 1900. The van der Waals surface area contributed by atoms with E-state index in [9.17, 15) is 0 Å². The summed E-state index contributed by atoms with van der Waals surface area (Å²) >= 11 is 0. The summed E-state index contributed by atoms with van der Waals surface area (Å²) in [5, 5.41) is 3.32. The number of furan rings is 1. The molecule has 3 aromatic carbocycles. The molecule has 3 heterocycles. The van der Waals surface area contributed by atoms with E-state index < -0.39 is 14.9 Å². The topological polar surface area (TPSA) is 38.9 Å². The van der Waals surface area contributed by atoms with E-state index in [2.05, 4.69) is 98.9 Å². The minimum Gasteiger partial charge on any atom is -0.501 e. The summed E-state index contributed by atoms with van der Waals surface area (Å²) in [6, 6.07) is 30.8. The molecule has 0 atom stereocenters. The molecule has 0 spiro atoms. The summed E-state index contributed by atoms with van der Waals surface area (Å²) in [7, 11) is -1.63. The largest absolute Gasteiger partial charge is 0.501 e. The van der Waals surface area contributed by atoms with Crippen molar-refractivity contribution >= 4 is 35.2 Å². The molecular formula is C37H38IrN2OSi-2. The minimum atomic E-state index is -2.16. The third-order valence-corrected chi connectivity index (χ3v) is 8.99. The van der Waals surface area contributed by atoms with Crippen molar-refractivity contribution in [2.45, 2.75) is 59.6 Å². The fraction of sp³-hybridized carbons (Fsp3) is 0.243. The minimum absolute atomic E-state index is 0. The third kappa shape index (κ3) is 6.98. The molecule has 3 aromatic heterocycles. The van der Waals surface area contributed by atoms with Crippen molar-refractivity contribution in [1.82, 2.24) is 9.97 Å². The Morgan fingerprint density at radius 1 is 0.833 bits per heavy atom. The number of fused-ring (bicyclic) bond motifs is 3. The maximum absolute atomic E-state index is 7.54. The maximum atomic E-state index is 7.54. The molecule has 0 fully saturated rings. The number of benzene rings is 3. The average molecular weight is 750 g/mol. The van der Waals surface area contributed by atoms with Gasteiger partial charge >= 0.3 is 0 Å². The van der Waals surface area contributed by atoms with Gasteiger partial charge in [0.15, 0.2) is 0 Å². The molecule has 0 aliphatic carbocycles. The van der Waals surface area contributed by atoms with Crippen LogP contribution in [-0.2, 0) is 25.5 Å². The van der Waals surface area contributed by atoms with E-state index in [0.29, 0.717) is 5.69 Å². The Morgan fingerprint density at radius 3 is 2.12 bits per heavy atom. The number of pyridine rings is 2. The number of aromatic nitrogens is 2. The van der Waals surface area contributed by atoms with E-state index in [1.54, 1.807) is 12.1 Å². The van der Waals surface area contributed by atoms with Crippen molar-refractivity contribution in [3.8, 4) is 22.5 Å². The second kappa shape index (κ2) is 12.5. The summed E-state index contributed by atoms with van der Waals surface area (Å²) in [5.41, 5.74) is 7.96. The normalized spacial score (nSPS) is 13.0. The Balaban J connectivity index is 0.000000222. The number of aryl methyl sites for hydroxylation is 2. The number of hydrogen-bond acceptors (Lipinski definition) is 3. The van der Waals surface area contributed by atoms with Crippen LogP contribution in [0.3, 0.4) is 0 Å². The Hall–Kier alpha value is -3.37. The first-order chi connectivity index (χ1) is 20.6. The quantitative estimate of drug-likeness (QED) is 0.134. The van der Waals surface area contributed by atoms with Crippen LogP contribution in [0.4, 0.5) is 0 Å². The molecule has 217 valence electrons. The van der Waals surface area contributed by atoms with E-state index in [1.165, 1.54) is 22.5 Å². The van der Waals surface area contributed by atoms with Gasteiger partial charge in [0.25, 0.3) is 0 Å². The van der Waals surface area contributed by atoms with Gasteiger partial charge < -0.3 is 14.4 Å². The van der Waals surface area contributed by atoms with Crippen molar-refractivity contribution in [2.75, 3.05) is 0 Å². The van der Waals surface area contributed by atoms with Crippen LogP contribution in [-0.4, -0.2) is 18.0 Å². The summed E-state index contributed by atoms with van der Waals surface area (Å²) in [6.45, 7) is 13.3. The molecule has 3 nitrogen and oxygen atoms in total. The van der Waals surface area contributed by atoms with Crippen molar-refractivity contribution in [3.63, 3.8) is 0 Å². The van der Waals surface area contributed by atoms with E-state index in [0.717, 1.165) is 38.8 Å². The molecule has 6 rings (SSSR count). The Kier molecular flexibility index (Phi) is 8.15. The predicted octanol–water partition coefficient (Wildman–Crippen LogP) is 9.45. The summed E-state index contributed by atoms with van der Waals surface area (Å²) in [4.78, 5) is 8.83. The monoisotopic (exact) mass is 750 g/mol. The van der Waals surface area contributed by atoms with Crippen LogP contribution in [0.25, 0.3) is 44.5 Å². The van der Waals surface area contributed by atoms with Crippen LogP contribution in [0, 0.1) is 25.9 Å². The molecule has 0 amide bonds. The fourth-order valence-electron chi connectivity index (χ4n) is 4.57. The molecule has 0 saturated heterocycles. The Morgan fingerprint density at radius 2 is 1.52 bits per heavy atom. The number of hydrogen-bond donors (Lipinski definition) is 0. The maximum Gasteiger partial charge on any atom is 0.120 e. The van der Waals surface area contributed by atoms with Gasteiger partial charge in [-0.2, -0.15) is 0 Å².